The van der Waals surface area contributed by atoms with Crippen molar-refractivity contribution < 1.29 is 23.1 Å². The Morgan fingerprint density at radius 3 is 2.17 bits per heavy atom. The molecule has 0 aromatic carbocycles. The number of aliphatic carboxylic acids is 1. The van der Waals surface area contributed by atoms with Crippen LogP contribution in [0, 0.1) is 5.92 Å². The second-order valence-corrected chi connectivity index (χ2v) is 7.38. The molecule has 7 heteroatoms. The van der Waals surface area contributed by atoms with E-state index in [0.29, 0.717) is 12.8 Å². The largest absolute Gasteiger partial charge is 0.481 e. The number of hydrogen-bond acceptors (Lipinski definition) is 4. The molecule has 0 aliphatic heterocycles. The van der Waals surface area contributed by atoms with Gasteiger partial charge in [0, 0.05) is 12.8 Å². The van der Waals surface area contributed by atoms with Gasteiger partial charge in [-0.05, 0) is 20.3 Å². The normalized spacial score (nSPS) is 14.0. The van der Waals surface area contributed by atoms with Crippen molar-refractivity contribution in [2.24, 2.45) is 5.92 Å². The maximum Gasteiger partial charge on any atom is 0.308 e. The Bertz CT molecular complexity index is 413. The summed E-state index contributed by atoms with van der Waals surface area (Å²) >= 11 is 0. The van der Waals surface area contributed by atoms with Crippen molar-refractivity contribution in [2.45, 2.75) is 38.4 Å². The van der Waals surface area contributed by atoms with Gasteiger partial charge in [-0.2, -0.15) is 0 Å². The third kappa shape index (κ3) is 4.29. The Kier molecular flexibility index (Phi) is 5.79. The van der Waals surface area contributed by atoms with Gasteiger partial charge in [-0.25, -0.2) is 8.42 Å². The van der Waals surface area contributed by atoms with Gasteiger partial charge in [0.2, 0.25) is 5.91 Å². The minimum absolute atomic E-state index is 0.0546. The lowest BCUT2D eigenvalue weighted by molar-refractivity contribution is -0.142. The molecule has 0 bridgehead atoms. The van der Waals surface area contributed by atoms with Gasteiger partial charge >= 0.3 is 5.97 Å². The first kappa shape index (κ1) is 16.9. The van der Waals surface area contributed by atoms with Crippen LogP contribution in [0.5, 0.6) is 0 Å². The molecule has 1 unspecified atom stereocenters. The number of amides is 1. The van der Waals surface area contributed by atoms with E-state index >= 15 is 0 Å². The number of sulfone groups is 1. The van der Waals surface area contributed by atoms with Gasteiger partial charge in [0.05, 0.1) is 5.92 Å². The van der Waals surface area contributed by atoms with Crippen LogP contribution in [0.2, 0.25) is 0 Å². The van der Waals surface area contributed by atoms with Gasteiger partial charge in [-0.15, -0.1) is 0 Å². The molecule has 0 spiro atoms. The zero-order valence-electron chi connectivity index (χ0n) is 11.2. The summed E-state index contributed by atoms with van der Waals surface area (Å²) in [6, 6.07) is 0. The topological polar surface area (TPSA) is 101 Å². The number of carboxylic acids is 1. The van der Waals surface area contributed by atoms with Gasteiger partial charge in [0.25, 0.3) is 0 Å². The SMILES string of the molecule is CCCC(CNC(=O)C(C)(C)S(C)(=O)=O)C(=O)O. The van der Waals surface area contributed by atoms with E-state index in [1.807, 2.05) is 6.92 Å². The van der Waals surface area contributed by atoms with Crippen molar-refractivity contribution in [1.29, 1.82) is 0 Å². The van der Waals surface area contributed by atoms with Gasteiger partial charge in [0.15, 0.2) is 9.84 Å². The molecule has 1 atom stereocenters. The van der Waals surface area contributed by atoms with Gasteiger partial charge < -0.3 is 10.4 Å². The monoisotopic (exact) mass is 279 g/mol. The maximum absolute atomic E-state index is 11.8. The number of hydrogen-bond donors (Lipinski definition) is 2. The standard InChI is InChI=1S/C11H21NO5S/c1-5-6-8(9(13)14)7-12-10(15)11(2,3)18(4,16)17/h8H,5-7H2,1-4H3,(H,12,15)(H,13,14). The van der Waals surface area contributed by atoms with Crippen molar-refractivity contribution >= 4 is 21.7 Å². The zero-order valence-corrected chi connectivity index (χ0v) is 12.0. The molecule has 6 nitrogen and oxygen atoms in total. The molecule has 0 rings (SSSR count). The third-order valence-corrected chi connectivity index (χ3v) is 5.01. The van der Waals surface area contributed by atoms with E-state index in [1.54, 1.807) is 0 Å². The predicted molar refractivity (Wildman–Crippen MR) is 68.0 cm³/mol. The first-order valence-corrected chi connectivity index (χ1v) is 7.63. The highest BCUT2D eigenvalue weighted by Crippen LogP contribution is 2.15. The molecule has 18 heavy (non-hydrogen) atoms. The van der Waals surface area contributed by atoms with E-state index in [9.17, 15) is 18.0 Å². The summed E-state index contributed by atoms with van der Waals surface area (Å²) in [5, 5.41) is 11.3. The van der Waals surface area contributed by atoms with Crippen molar-refractivity contribution in [3.63, 3.8) is 0 Å². The Morgan fingerprint density at radius 2 is 1.83 bits per heavy atom. The molecule has 0 fully saturated rings. The van der Waals surface area contributed by atoms with Crippen LogP contribution in [0.25, 0.3) is 0 Å². The summed E-state index contributed by atoms with van der Waals surface area (Å²) in [6.07, 6.45) is 2.10. The van der Waals surface area contributed by atoms with Crippen LogP contribution in [-0.4, -0.2) is 42.9 Å². The molecule has 2 N–H and O–H groups in total. The van der Waals surface area contributed by atoms with Crippen LogP contribution in [0.15, 0.2) is 0 Å². The molecule has 0 radical (unpaired) electrons. The van der Waals surface area contributed by atoms with Gasteiger partial charge in [0.1, 0.15) is 4.75 Å². The molecule has 0 saturated heterocycles. The Morgan fingerprint density at radius 1 is 1.33 bits per heavy atom. The van der Waals surface area contributed by atoms with Crippen LogP contribution in [0.3, 0.4) is 0 Å². The predicted octanol–water partition coefficient (Wildman–Crippen LogP) is 0.427. The summed E-state index contributed by atoms with van der Waals surface area (Å²) < 4.78 is 21.3. The summed E-state index contributed by atoms with van der Waals surface area (Å²) in [6.45, 7) is 4.39. The van der Waals surface area contributed by atoms with Crippen LogP contribution in [0.4, 0.5) is 0 Å². The van der Waals surface area contributed by atoms with Crippen LogP contribution in [0.1, 0.15) is 33.6 Å². The lowest BCUT2D eigenvalue weighted by atomic mass is 10.0. The van der Waals surface area contributed by atoms with E-state index in [2.05, 4.69) is 5.32 Å². The molecular formula is C11H21NO5S. The van der Waals surface area contributed by atoms with Gasteiger partial charge in [-0.3, -0.25) is 9.59 Å². The van der Waals surface area contributed by atoms with Gasteiger partial charge in [-0.1, -0.05) is 13.3 Å². The van der Waals surface area contributed by atoms with Crippen LogP contribution in [-0.2, 0) is 19.4 Å². The maximum atomic E-state index is 11.8. The Labute approximate surface area is 108 Å². The Balaban J connectivity index is 4.64. The lowest BCUT2D eigenvalue weighted by Gasteiger charge is -2.22. The summed E-state index contributed by atoms with van der Waals surface area (Å²) in [5.74, 6) is -2.35. The molecule has 1 amide bonds. The first-order valence-electron chi connectivity index (χ1n) is 5.74. The van der Waals surface area contributed by atoms with E-state index in [0.717, 1.165) is 6.26 Å². The lowest BCUT2D eigenvalue weighted by Crippen LogP contribution is -2.49. The van der Waals surface area contributed by atoms with Crippen molar-refractivity contribution in [2.75, 3.05) is 12.8 Å². The minimum Gasteiger partial charge on any atom is -0.481 e. The molecule has 0 aromatic heterocycles. The van der Waals surface area contributed by atoms with E-state index in [-0.39, 0.29) is 6.54 Å². The fourth-order valence-electron chi connectivity index (χ4n) is 1.26. The molecule has 0 heterocycles. The first-order chi connectivity index (χ1) is 8.04. The molecule has 106 valence electrons. The molecule has 0 aliphatic rings. The van der Waals surface area contributed by atoms with Crippen molar-refractivity contribution in [1.82, 2.24) is 5.32 Å². The molecule has 0 aromatic rings. The summed E-state index contributed by atoms with van der Waals surface area (Å²) in [4.78, 5) is 22.6. The fourth-order valence-corrected chi connectivity index (χ4v) is 1.67. The quantitative estimate of drug-likeness (QED) is 0.703. The number of carbonyl (C=O) groups is 2. The van der Waals surface area contributed by atoms with Crippen molar-refractivity contribution in [3.8, 4) is 0 Å². The van der Waals surface area contributed by atoms with E-state index in [4.69, 9.17) is 5.11 Å². The molecule has 0 saturated carbocycles. The minimum atomic E-state index is -3.54. The fraction of sp³-hybridized carbons (Fsp3) is 0.818. The molecule has 0 aliphatic carbocycles. The highest BCUT2D eigenvalue weighted by Gasteiger charge is 2.38. The van der Waals surface area contributed by atoms with Crippen molar-refractivity contribution in [3.05, 3.63) is 0 Å². The second kappa shape index (κ2) is 6.17. The summed E-state index contributed by atoms with van der Waals surface area (Å²) in [7, 11) is -3.54. The zero-order chi connectivity index (χ0) is 14.6. The Hall–Kier alpha value is -1.11. The summed E-state index contributed by atoms with van der Waals surface area (Å²) in [5.41, 5.74) is 0. The second-order valence-electron chi connectivity index (χ2n) is 4.82. The average molecular weight is 279 g/mol. The smallest absolute Gasteiger partial charge is 0.308 e. The third-order valence-electron chi connectivity index (χ3n) is 2.97. The average Bonchev–Trinajstić information content (AvgIpc) is 2.21. The molecular weight excluding hydrogens is 258 g/mol. The van der Waals surface area contributed by atoms with E-state index < -0.39 is 32.4 Å². The van der Waals surface area contributed by atoms with Crippen LogP contribution < -0.4 is 5.32 Å². The number of rotatable bonds is 7. The number of carboxylic acid groups (broad SMARTS) is 1. The highest BCUT2D eigenvalue weighted by atomic mass is 32.2. The number of nitrogens with one attached hydrogen (secondary N) is 1. The van der Waals surface area contributed by atoms with Crippen LogP contribution >= 0.6 is 0 Å². The highest BCUT2D eigenvalue weighted by molar-refractivity contribution is 7.92. The van der Waals surface area contributed by atoms with E-state index in [1.165, 1.54) is 13.8 Å². The number of carbonyl (C=O) groups excluding carboxylic acids is 1.